The molecule has 17 heavy (non-hydrogen) atoms. The highest BCUT2D eigenvalue weighted by Gasteiger charge is 2.10. The van der Waals surface area contributed by atoms with E-state index in [1.165, 1.54) is 0 Å². The molecular weight excluding hydrogens is 216 g/mol. The van der Waals surface area contributed by atoms with Gasteiger partial charge in [0.2, 0.25) is 5.91 Å². The van der Waals surface area contributed by atoms with Crippen LogP contribution in [0, 0.1) is 0 Å². The van der Waals surface area contributed by atoms with Gasteiger partial charge in [-0.3, -0.25) is 4.79 Å². The number of para-hydroxylation sites is 2. The molecule has 0 fully saturated rings. The number of hydrogen-bond donors (Lipinski definition) is 2. The summed E-state index contributed by atoms with van der Waals surface area (Å²) < 4.78 is 1.97. The Bertz CT molecular complexity index is 544. The van der Waals surface area contributed by atoms with Crippen molar-refractivity contribution < 1.29 is 4.79 Å². The van der Waals surface area contributed by atoms with Crippen molar-refractivity contribution in [3.8, 4) is 0 Å². The Morgan fingerprint density at radius 1 is 1.53 bits per heavy atom. The van der Waals surface area contributed by atoms with Gasteiger partial charge in [-0.25, -0.2) is 4.98 Å². The number of nitrogens with one attached hydrogen (secondary N) is 1. The van der Waals surface area contributed by atoms with E-state index in [-0.39, 0.29) is 5.91 Å². The average molecular weight is 232 g/mol. The summed E-state index contributed by atoms with van der Waals surface area (Å²) in [6, 6.07) is 7.36. The maximum absolute atomic E-state index is 11.4. The second-order valence-electron chi connectivity index (χ2n) is 4.08. The fourth-order valence-electron chi connectivity index (χ4n) is 1.68. The highest BCUT2D eigenvalue weighted by molar-refractivity contribution is 5.81. The van der Waals surface area contributed by atoms with Crippen LogP contribution in [0.25, 0.3) is 11.0 Å². The van der Waals surface area contributed by atoms with Gasteiger partial charge >= 0.3 is 0 Å². The van der Waals surface area contributed by atoms with Crippen LogP contribution in [-0.4, -0.2) is 21.5 Å². The molecule has 0 radical (unpaired) electrons. The van der Waals surface area contributed by atoms with Crippen LogP contribution in [0.2, 0.25) is 0 Å². The Kier molecular flexibility index (Phi) is 3.10. The third kappa shape index (κ3) is 2.29. The van der Waals surface area contributed by atoms with Crippen molar-refractivity contribution in [2.75, 3.05) is 0 Å². The van der Waals surface area contributed by atoms with E-state index in [2.05, 4.69) is 10.3 Å². The molecule has 1 unspecified atom stereocenters. The highest BCUT2D eigenvalue weighted by atomic mass is 16.2. The molecule has 1 atom stereocenters. The fraction of sp³-hybridized carbons (Fsp3) is 0.333. The number of imidazole rings is 1. The average Bonchev–Trinajstić information content (AvgIpc) is 2.64. The number of aromatic nitrogens is 2. The van der Waals surface area contributed by atoms with Gasteiger partial charge in [-0.2, -0.15) is 0 Å². The Labute approximate surface area is 99.6 Å². The normalized spacial score (nSPS) is 12.6. The van der Waals surface area contributed by atoms with Gasteiger partial charge in [0, 0.05) is 7.05 Å². The van der Waals surface area contributed by atoms with Crippen LogP contribution in [0.4, 0.5) is 0 Å². The second-order valence-corrected chi connectivity index (χ2v) is 4.08. The molecule has 1 aromatic heterocycles. The zero-order valence-electron chi connectivity index (χ0n) is 9.97. The van der Waals surface area contributed by atoms with Crippen molar-refractivity contribution in [2.45, 2.75) is 19.5 Å². The van der Waals surface area contributed by atoms with Crippen molar-refractivity contribution in [3.05, 3.63) is 30.1 Å². The number of nitrogens with zero attached hydrogens (tertiary/aromatic N) is 2. The van der Waals surface area contributed by atoms with Gasteiger partial charge in [0.05, 0.1) is 23.6 Å². The Balaban J connectivity index is 2.19. The number of rotatable bonds is 3. The first kappa shape index (κ1) is 11.6. The first-order chi connectivity index (χ1) is 8.09. The van der Waals surface area contributed by atoms with E-state index in [0.29, 0.717) is 6.54 Å². The number of carbonyl (C=O) groups is 1. The first-order valence-electron chi connectivity index (χ1n) is 5.53. The molecule has 3 N–H and O–H groups in total. The van der Waals surface area contributed by atoms with Crippen LogP contribution in [0.5, 0.6) is 0 Å². The minimum Gasteiger partial charge on any atom is -0.348 e. The van der Waals surface area contributed by atoms with Crippen molar-refractivity contribution in [3.63, 3.8) is 0 Å². The summed E-state index contributed by atoms with van der Waals surface area (Å²) in [7, 11) is 1.93. The van der Waals surface area contributed by atoms with E-state index >= 15 is 0 Å². The van der Waals surface area contributed by atoms with E-state index in [1.54, 1.807) is 6.92 Å². The van der Waals surface area contributed by atoms with Gasteiger partial charge in [-0.15, -0.1) is 0 Å². The SMILES string of the molecule is CC(N)C(=O)NCc1nc2ccccc2n1C. The lowest BCUT2D eigenvalue weighted by atomic mass is 10.3. The topological polar surface area (TPSA) is 72.9 Å². The van der Waals surface area contributed by atoms with E-state index < -0.39 is 6.04 Å². The van der Waals surface area contributed by atoms with Crippen LogP contribution in [0.1, 0.15) is 12.7 Å². The molecule has 0 aliphatic rings. The molecule has 0 saturated carbocycles. The lowest BCUT2D eigenvalue weighted by Crippen LogP contribution is -2.38. The number of hydrogen-bond acceptors (Lipinski definition) is 3. The van der Waals surface area contributed by atoms with Gasteiger partial charge in [-0.1, -0.05) is 12.1 Å². The third-order valence-electron chi connectivity index (χ3n) is 2.71. The number of amides is 1. The molecule has 0 aliphatic carbocycles. The van der Waals surface area contributed by atoms with E-state index in [1.807, 2.05) is 35.9 Å². The summed E-state index contributed by atoms with van der Waals surface area (Å²) in [4.78, 5) is 15.8. The standard InChI is InChI=1S/C12H16N4O/c1-8(13)12(17)14-7-11-15-9-5-3-4-6-10(9)16(11)2/h3-6,8H,7,13H2,1-2H3,(H,14,17). The van der Waals surface area contributed by atoms with Gasteiger partial charge in [0.15, 0.2) is 0 Å². The zero-order valence-corrected chi connectivity index (χ0v) is 9.97. The summed E-state index contributed by atoms with van der Waals surface area (Å²) in [6.45, 7) is 2.05. The van der Waals surface area contributed by atoms with Gasteiger partial charge in [0.1, 0.15) is 5.82 Å². The lowest BCUT2D eigenvalue weighted by Gasteiger charge is -2.07. The molecule has 5 heteroatoms. The van der Waals surface area contributed by atoms with Crippen molar-refractivity contribution >= 4 is 16.9 Å². The largest absolute Gasteiger partial charge is 0.348 e. The Morgan fingerprint density at radius 3 is 2.88 bits per heavy atom. The molecule has 1 aromatic carbocycles. The molecule has 0 spiro atoms. The summed E-state index contributed by atoms with van der Waals surface area (Å²) >= 11 is 0. The van der Waals surface area contributed by atoms with Crippen LogP contribution < -0.4 is 11.1 Å². The monoisotopic (exact) mass is 232 g/mol. The van der Waals surface area contributed by atoms with Crippen LogP contribution in [0.15, 0.2) is 24.3 Å². The maximum Gasteiger partial charge on any atom is 0.237 e. The van der Waals surface area contributed by atoms with E-state index in [0.717, 1.165) is 16.9 Å². The third-order valence-corrected chi connectivity index (χ3v) is 2.71. The summed E-state index contributed by atoms with van der Waals surface area (Å²) in [6.07, 6.45) is 0. The molecule has 0 bridgehead atoms. The lowest BCUT2D eigenvalue weighted by molar-refractivity contribution is -0.122. The summed E-state index contributed by atoms with van der Waals surface area (Å²) in [5, 5.41) is 2.75. The number of nitrogens with two attached hydrogens (primary N) is 1. The molecule has 0 aliphatic heterocycles. The van der Waals surface area contributed by atoms with Gasteiger partial charge in [0.25, 0.3) is 0 Å². The molecule has 2 aromatic rings. The van der Waals surface area contributed by atoms with Gasteiger partial charge in [-0.05, 0) is 19.1 Å². The Morgan fingerprint density at radius 2 is 2.24 bits per heavy atom. The highest BCUT2D eigenvalue weighted by Crippen LogP contribution is 2.13. The molecular formula is C12H16N4O. The predicted octanol–water partition coefficient (Wildman–Crippen LogP) is 0.537. The van der Waals surface area contributed by atoms with Crippen LogP contribution in [-0.2, 0) is 18.4 Å². The first-order valence-corrected chi connectivity index (χ1v) is 5.53. The maximum atomic E-state index is 11.4. The number of fused-ring (bicyclic) bond motifs is 1. The summed E-state index contributed by atoms with van der Waals surface area (Å²) in [5.74, 6) is 0.650. The second kappa shape index (κ2) is 4.55. The van der Waals surface area contributed by atoms with Crippen molar-refractivity contribution in [1.82, 2.24) is 14.9 Å². The molecule has 90 valence electrons. The minimum absolute atomic E-state index is 0.169. The predicted molar refractivity (Wildman–Crippen MR) is 66.2 cm³/mol. The van der Waals surface area contributed by atoms with E-state index in [4.69, 9.17) is 5.73 Å². The zero-order chi connectivity index (χ0) is 12.4. The minimum atomic E-state index is -0.496. The molecule has 2 rings (SSSR count). The molecule has 0 saturated heterocycles. The smallest absolute Gasteiger partial charge is 0.237 e. The fourth-order valence-corrected chi connectivity index (χ4v) is 1.68. The molecule has 1 amide bonds. The quantitative estimate of drug-likeness (QED) is 0.811. The summed E-state index contributed by atoms with van der Waals surface area (Å²) in [5.41, 5.74) is 7.46. The van der Waals surface area contributed by atoms with Crippen LogP contribution >= 0.6 is 0 Å². The number of benzene rings is 1. The number of aryl methyl sites for hydroxylation is 1. The van der Waals surface area contributed by atoms with Crippen LogP contribution in [0.3, 0.4) is 0 Å². The van der Waals surface area contributed by atoms with Gasteiger partial charge < -0.3 is 15.6 Å². The van der Waals surface area contributed by atoms with Crippen molar-refractivity contribution in [2.24, 2.45) is 12.8 Å². The molecule has 1 heterocycles. The number of carbonyl (C=O) groups excluding carboxylic acids is 1. The Hall–Kier alpha value is -1.88. The molecule has 5 nitrogen and oxygen atoms in total. The van der Waals surface area contributed by atoms with E-state index in [9.17, 15) is 4.79 Å². The van der Waals surface area contributed by atoms with Crippen molar-refractivity contribution in [1.29, 1.82) is 0 Å².